The van der Waals surface area contributed by atoms with E-state index in [2.05, 4.69) is 0 Å². The summed E-state index contributed by atoms with van der Waals surface area (Å²) >= 11 is 0. The Kier molecular flexibility index (Phi) is 5.56. The number of rotatable bonds is 6. The Bertz CT molecular complexity index is 432. The molecule has 0 unspecified atom stereocenters. The Morgan fingerprint density at radius 2 is 1.84 bits per heavy atom. The first-order valence-corrected chi connectivity index (χ1v) is 5.66. The van der Waals surface area contributed by atoms with Crippen LogP contribution >= 0.6 is 0 Å². The maximum absolute atomic E-state index is 11.5. The van der Waals surface area contributed by atoms with Gasteiger partial charge in [0.05, 0.1) is 13.2 Å². The van der Waals surface area contributed by atoms with Crippen LogP contribution in [0.3, 0.4) is 0 Å². The summed E-state index contributed by atoms with van der Waals surface area (Å²) in [6, 6.07) is 3.09. The van der Waals surface area contributed by atoms with E-state index in [1.54, 1.807) is 0 Å². The highest BCUT2D eigenvalue weighted by Crippen LogP contribution is 2.25. The molecule has 7 heteroatoms. The van der Waals surface area contributed by atoms with Gasteiger partial charge in [-0.2, -0.15) is 0 Å². The van der Waals surface area contributed by atoms with Gasteiger partial charge in [-0.3, -0.25) is 4.79 Å². The zero-order valence-corrected chi connectivity index (χ0v) is 10.2. The summed E-state index contributed by atoms with van der Waals surface area (Å²) < 4.78 is 4.76. The van der Waals surface area contributed by atoms with Crippen molar-refractivity contribution in [2.45, 2.75) is 18.6 Å². The van der Waals surface area contributed by atoms with Crippen molar-refractivity contribution < 1.29 is 30.0 Å². The lowest BCUT2D eigenvalue weighted by molar-refractivity contribution is -0.154. The minimum Gasteiger partial charge on any atom is -0.504 e. The van der Waals surface area contributed by atoms with Gasteiger partial charge >= 0.3 is 5.97 Å². The summed E-state index contributed by atoms with van der Waals surface area (Å²) in [5.74, 6) is -1.33. The van der Waals surface area contributed by atoms with E-state index in [0.717, 1.165) is 0 Å². The Labute approximate surface area is 109 Å². The number of carbonyl (C=O) groups is 1. The number of hydrogen-bond acceptors (Lipinski definition) is 7. The van der Waals surface area contributed by atoms with Crippen LogP contribution in [0, 0.1) is 0 Å². The number of phenols is 2. The highest BCUT2D eigenvalue weighted by atomic mass is 16.6. The van der Waals surface area contributed by atoms with Crippen LogP contribution in [0.1, 0.15) is 5.56 Å². The topological polar surface area (TPSA) is 133 Å². The third kappa shape index (κ3) is 4.40. The Balaban J connectivity index is 2.60. The summed E-state index contributed by atoms with van der Waals surface area (Å²) in [4.78, 5) is 11.5. The van der Waals surface area contributed by atoms with Crippen molar-refractivity contribution >= 4 is 5.97 Å². The maximum atomic E-state index is 11.5. The quantitative estimate of drug-likeness (QED) is 0.326. The first-order valence-electron chi connectivity index (χ1n) is 5.66. The second-order valence-electron chi connectivity index (χ2n) is 4.06. The lowest BCUT2D eigenvalue weighted by atomic mass is 10.1. The van der Waals surface area contributed by atoms with Crippen LogP contribution in [0.25, 0.3) is 0 Å². The maximum Gasteiger partial charge on any atom is 0.323 e. The van der Waals surface area contributed by atoms with E-state index < -0.39 is 31.3 Å². The molecule has 0 fully saturated rings. The largest absolute Gasteiger partial charge is 0.504 e. The minimum absolute atomic E-state index is 0.0935. The van der Waals surface area contributed by atoms with Crippen LogP contribution in [0.5, 0.6) is 11.5 Å². The number of benzene rings is 1. The molecule has 106 valence electrons. The van der Waals surface area contributed by atoms with Crippen molar-refractivity contribution in [2.24, 2.45) is 5.73 Å². The fourth-order valence-electron chi connectivity index (χ4n) is 1.42. The standard InChI is InChI=1S/C12H17NO6/c13-9(12(18)19-8(5-14)6-15)3-7-1-2-10(16)11(17)4-7/h1-2,4,8-9,14-17H,3,5-6,13H2/t9-/m0/s1. The van der Waals surface area contributed by atoms with Gasteiger partial charge in [-0.1, -0.05) is 6.07 Å². The van der Waals surface area contributed by atoms with E-state index in [4.69, 9.17) is 25.8 Å². The molecular weight excluding hydrogens is 254 g/mol. The zero-order chi connectivity index (χ0) is 14.4. The van der Waals surface area contributed by atoms with Crippen molar-refractivity contribution in [3.8, 4) is 11.5 Å². The fourth-order valence-corrected chi connectivity index (χ4v) is 1.42. The van der Waals surface area contributed by atoms with Gasteiger partial charge in [0, 0.05) is 0 Å². The van der Waals surface area contributed by atoms with Crippen LogP contribution in [0.4, 0.5) is 0 Å². The number of esters is 1. The normalized spacial score (nSPS) is 12.4. The van der Waals surface area contributed by atoms with Crippen LogP contribution in [0.15, 0.2) is 18.2 Å². The summed E-state index contributed by atoms with van der Waals surface area (Å²) in [6.45, 7) is -0.982. The predicted octanol–water partition coefficient (Wildman–Crippen LogP) is -1.14. The first kappa shape index (κ1) is 15.2. The average molecular weight is 271 g/mol. The molecule has 0 aliphatic carbocycles. The highest BCUT2D eigenvalue weighted by molar-refractivity contribution is 5.76. The fraction of sp³-hybridized carbons (Fsp3) is 0.417. The molecule has 0 aromatic heterocycles. The molecule has 0 heterocycles. The second kappa shape index (κ2) is 6.93. The Hall–Kier alpha value is -1.83. The third-order valence-corrected chi connectivity index (χ3v) is 2.49. The molecule has 1 aromatic rings. The average Bonchev–Trinajstić information content (AvgIpc) is 2.39. The van der Waals surface area contributed by atoms with E-state index >= 15 is 0 Å². The molecule has 1 aromatic carbocycles. The summed E-state index contributed by atoms with van der Waals surface area (Å²) in [6.07, 6.45) is -0.900. The highest BCUT2D eigenvalue weighted by Gasteiger charge is 2.20. The van der Waals surface area contributed by atoms with Gasteiger partial charge in [0.25, 0.3) is 0 Å². The number of nitrogens with two attached hydrogens (primary N) is 1. The summed E-state index contributed by atoms with van der Waals surface area (Å²) in [5.41, 5.74) is 6.16. The minimum atomic E-state index is -0.996. The van der Waals surface area contributed by atoms with Crippen molar-refractivity contribution in [2.75, 3.05) is 13.2 Å². The third-order valence-electron chi connectivity index (χ3n) is 2.49. The monoisotopic (exact) mass is 271 g/mol. The Morgan fingerprint density at radius 1 is 1.21 bits per heavy atom. The summed E-state index contributed by atoms with van der Waals surface area (Å²) in [5, 5.41) is 36.0. The van der Waals surface area contributed by atoms with E-state index in [1.807, 2.05) is 0 Å². The van der Waals surface area contributed by atoms with Gasteiger partial charge in [-0.05, 0) is 24.1 Å². The molecule has 19 heavy (non-hydrogen) atoms. The number of hydrogen-bond donors (Lipinski definition) is 5. The molecule has 0 aliphatic rings. The Morgan fingerprint density at radius 3 is 2.37 bits per heavy atom. The van der Waals surface area contributed by atoms with E-state index in [9.17, 15) is 9.90 Å². The molecule has 0 spiro atoms. The van der Waals surface area contributed by atoms with Crippen molar-refractivity contribution in [3.63, 3.8) is 0 Å². The second-order valence-corrected chi connectivity index (χ2v) is 4.06. The van der Waals surface area contributed by atoms with E-state index in [0.29, 0.717) is 5.56 Å². The van der Waals surface area contributed by atoms with Crippen molar-refractivity contribution in [1.82, 2.24) is 0 Å². The van der Waals surface area contributed by atoms with Gasteiger partial charge in [-0.25, -0.2) is 0 Å². The SMILES string of the molecule is N[C@@H](Cc1ccc(O)c(O)c1)C(=O)OC(CO)CO. The number of aliphatic hydroxyl groups excluding tert-OH is 2. The lowest BCUT2D eigenvalue weighted by Crippen LogP contribution is -2.38. The van der Waals surface area contributed by atoms with E-state index in [-0.39, 0.29) is 17.9 Å². The molecule has 0 aliphatic heterocycles. The van der Waals surface area contributed by atoms with Crippen LogP contribution < -0.4 is 5.73 Å². The number of aromatic hydroxyl groups is 2. The van der Waals surface area contributed by atoms with Gasteiger partial charge < -0.3 is 30.9 Å². The van der Waals surface area contributed by atoms with Crippen molar-refractivity contribution in [1.29, 1.82) is 0 Å². The van der Waals surface area contributed by atoms with Gasteiger partial charge in [0.15, 0.2) is 11.5 Å². The lowest BCUT2D eigenvalue weighted by Gasteiger charge is -2.16. The number of aliphatic hydroxyl groups is 2. The number of phenolic OH excluding ortho intramolecular Hbond substituents is 2. The van der Waals surface area contributed by atoms with Gasteiger partial charge in [0.1, 0.15) is 12.1 Å². The molecule has 1 atom stereocenters. The molecule has 0 radical (unpaired) electrons. The molecule has 0 saturated heterocycles. The van der Waals surface area contributed by atoms with Crippen LogP contribution in [0.2, 0.25) is 0 Å². The van der Waals surface area contributed by atoms with E-state index in [1.165, 1.54) is 18.2 Å². The number of carbonyl (C=O) groups excluding carboxylic acids is 1. The molecule has 0 saturated carbocycles. The molecular formula is C12H17NO6. The molecule has 0 amide bonds. The smallest absolute Gasteiger partial charge is 0.323 e. The molecule has 1 rings (SSSR count). The van der Waals surface area contributed by atoms with Crippen molar-refractivity contribution in [3.05, 3.63) is 23.8 Å². The van der Waals surface area contributed by atoms with Crippen LogP contribution in [-0.2, 0) is 16.0 Å². The molecule has 7 nitrogen and oxygen atoms in total. The summed E-state index contributed by atoms with van der Waals surface area (Å²) in [7, 11) is 0. The van der Waals surface area contributed by atoms with Crippen LogP contribution in [-0.4, -0.2) is 51.8 Å². The predicted molar refractivity (Wildman–Crippen MR) is 65.5 cm³/mol. The first-order chi connectivity index (χ1) is 8.97. The molecule has 6 N–H and O–H groups in total. The van der Waals surface area contributed by atoms with Gasteiger partial charge in [0.2, 0.25) is 0 Å². The number of ether oxygens (including phenoxy) is 1. The van der Waals surface area contributed by atoms with Gasteiger partial charge in [-0.15, -0.1) is 0 Å². The molecule has 0 bridgehead atoms. The zero-order valence-electron chi connectivity index (χ0n) is 10.2.